The van der Waals surface area contributed by atoms with E-state index in [0.29, 0.717) is 7.25 Å². The van der Waals surface area contributed by atoms with Gasteiger partial charge in [0.15, 0.2) is 0 Å². The number of allylic oxidation sites excluding steroid dienone is 2. The van der Waals surface area contributed by atoms with Gasteiger partial charge in [0, 0.05) is 0 Å². The summed E-state index contributed by atoms with van der Waals surface area (Å²) in [5.41, 5.74) is 22.0. The van der Waals surface area contributed by atoms with Crippen LogP contribution >= 0.6 is 0 Å². The zero-order valence-corrected chi connectivity index (χ0v) is 34.4. The summed E-state index contributed by atoms with van der Waals surface area (Å²) in [5.74, 6) is 1.05. The molecule has 0 saturated heterocycles. The first-order valence-electron chi connectivity index (χ1n) is 17.2. The molecule has 2 aliphatic carbocycles. The van der Waals surface area contributed by atoms with E-state index < -0.39 is 25.8 Å². The average Bonchev–Trinajstić information content (AvgIpc) is 3.45. The van der Waals surface area contributed by atoms with Crippen LogP contribution < -0.4 is 4.74 Å². The summed E-state index contributed by atoms with van der Waals surface area (Å²) in [6.45, 7) is 28.4. The van der Waals surface area contributed by atoms with E-state index in [0.717, 1.165) is 5.75 Å². The molecule has 0 aliphatic heterocycles. The van der Waals surface area contributed by atoms with Gasteiger partial charge in [-0.25, -0.2) is 0 Å². The topological polar surface area (TPSA) is 9.23 Å². The van der Waals surface area contributed by atoms with Gasteiger partial charge in [-0.2, -0.15) is 0 Å². The Morgan fingerprint density at radius 3 is 1.55 bits per heavy atom. The Balaban J connectivity index is 1.60. The third-order valence-electron chi connectivity index (χ3n) is 10.2. The second-order valence-corrected chi connectivity index (χ2v) is 33.6. The van der Waals surface area contributed by atoms with Gasteiger partial charge in [-0.3, -0.25) is 0 Å². The minimum absolute atomic E-state index is 0.0431. The summed E-state index contributed by atoms with van der Waals surface area (Å²) in [4.78, 5) is 0. The van der Waals surface area contributed by atoms with Crippen LogP contribution in [-0.2, 0) is 25.8 Å². The summed E-state index contributed by atoms with van der Waals surface area (Å²) in [6.07, 6.45) is 5.13. The second kappa shape index (κ2) is 12.6. The van der Waals surface area contributed by atoms with Crippen LogP contribution in [0.4, 0.5) is 0 Å². The normalized spacial score (nSPS) is 16.9. The van der Waals surface area contributed by atoms with Crippen LogP contribution in [0.15, 0.2) is 65.7 Å². The summed E-state index contributed by atoms with van der Waals surface area (Å²) in [5, 5.41) is 0. The van der Waals surface area contributed by atoms with Gasteiger partial charge in [0.05, 0.1) is 0 Å². The molecule has 0 bridgehead atoms. The molecule has 0 N–H and O–H groups in total. The summed E-state index contributed by atoms with van der Waals surface area (Å²) in [6, 6.07) is 21.6. The predicted octanol–water partition coefficient (Wildman–Crippen LogP) is 12.4. The van der Waals surface area contributed by atoms with E-state index in [1.807, 2.05) is 7.11 Å². The predicted molar refractivity (Wildman–Crippen MR) is 203 cm³/mol. The van der Waals surface area contributed by atoms with Crippen LogP contribution in [0.2, 0.25) is 13.1 Å². The minimum atomic E-state index is -2.29. The van der Waals surface area contributed by atoms with Crippen LogP contribution in [-0.4, -0.2) is 12.5 Å². The molecule has 0 amide bonds. The van der Waals surface area contributed by atoms with Gasteiger partial charge in [-0.15, -0.1) is 0 Å². The molecule has 6 rings (SSSR count). The molecular weight excluding hydrogens is 664 g/mol. The molecule has 1 nitrogen and oxygen atoms in total. The summed E-state index contributed by atoms with van der Waals surface area (Å²) in [7, 11) is 1.87. The van der Waals surface area contributed by atoms with Gasteiger partial charge in [0.25, 0.3) is 0 Å². The van der Waals surface area contributed by atoms with Gasteiger partial charge >= 0.3 is 294 Å². The van der Waals surface area contributed by atoms with Gasteiger partial charge in [-0.05, 0) is 0 Å². The molecule has 47 heavy (non-hydrogen) atoms. The summed E-state index contributed by atoms with van der Waals surface area (Å²) < 4.78 is 7.51. The van der Waals surface area contributed by atoms with Crippen molar-refractivity contribution in [1.29, 1.82) is 0 Å². The van der Waals surface area contributed by atoms with E-state index >= 15 is 0 Å². The van der Waals surface area contributed by atoms with Gasteiger partial charge in [-0.1, -0.05) is 0 Å². The monoisotopic (exact) mass is 714 g/mol. The van der Waals surface area contributed by atoms with E-state index in [4.69, 9.17) is 4.74 Å². The third-order valence-corrected chi connectivity index (χ3v) is 30.1. The number of methoxy groups -OCH3 is 1. The molecule has 2 atom stereocenters. The molecule has 4 aromatic carbocycles. The van der Waals surface area contributed by atoms with Crippen LogP contribution in [0.3, 0.4) is 0 Å². The number of hydrogen-bond acceptors (Lipinski definition) is 1. The van der Waals surface area contributed by atoms with Crippen molar-refractivity contribution in [3.05, 3.63) is 121 Å². The van der Waals surface area contributed by atoms with Crippen LogP contribution in [0.5, 0.6) is 5.75 Å². The van der Waals surface area contributed by atoms with Gasteiger partial charge < -0.3 is 0 Å². The molecule has 0 heterocycles. The molecule has 2 unspecified atom stereocenters. The zero-order chi connectivity index (χ0) is 34.1. The van der Waals surface area contributed by atoms with Crippen LogP contribution in [0, 0.1) is 34.6 Å². The number of rotatable bonds is 5. The van der Waals surface area contributed by atoms with E-state index in [1.165, 1.54) is 66.8 Å². The molecule has 0 radical (unpaired) electrons. The maximum atomic E-state index is 6.37. The SMILES string of the molecule is COc1c(C(C)(C)C)cc2c(c1-c1cc(C)cc(C)c1)C=C(C)[CH]2[Zr]([CH]1C(C)=Cc2c(-c3cc(C)cc(C)c3)cc(C)cc21)=[Si](C)C. The van der Waals surface area contributed by atoms with Crippen LogP contribution in [0.25, 0.3) is 34.4 Å². The van der Waals surface area contributed by atoms with E-state index in [1.54, 1.807) is 22.3 Å². The quantitative estimate of drug-likeness (QED) is 0.187. The molecule has 2 aliphatic rings. The molecule has 0 saturated carbocycles. The number of benzene rings is 4. The number of ether oxygens (including phenoxy) is 1. The standard InChI is InChI=1S/C23H27O.C19H19.C2H6Si.Zr/c1-14-8-15(2)11-18(10-14)21-19-12-16(3)9-17(19)13-20(22(21)24-7)23(4,5)6;1-12-5-13(2)7-16(6-12)18-10-14(3)8-17-9-15(4)11-19(17)18;1-3-2;/h8-13H,1-7H3;5-11H,1-4H3;1-2H3;. The fourth-order valence-corrected chi connectivity index (χ4v) is 29.2. The maximum absolute atomic E-state index is 6.37. The molecule has 0 spiro atoms. The number of hydrogen-bond donors (Lipinski definition) is 0. The average molecular weight is 716 g/mol. The van der Waals surface area contributed by atoms with Crippen molar-refractivity contribution in [2.45, 2.75) is 95.0 Å². The fourth-order valence-electron chi connectivity index (χ4n) is 8.55. The Morgan fingerprint density at radius 2 is 1.06 bits per heavy atom. The van der Waals surface area contributed by atoms with Crippen LogP contribution in [0.1, 0.15) is 97.5 Å². The van der Waals surface area contributed by atoms with E-state index in [2.05, 4.69) is 149 Å². The van der Waals surface area contributed by atoms with Crippen molar-refractivity contribution in [2.75, 3.05) is 7.11 Å². The number of fused-ring (bicyclic) bond motifs is 2. The van der Waals surface area contributed by atoms with E-state index in [9.17, 15) is 0 Å². The van der Waals surface area contributed by atoms with Crippen molar-refractivity contribution in [2.24, 2.45) is 0 Å². The van der Waals surface area contributed by atoms with Crippen molar-refractivity contribution in [3.63, 3.8) is 0 Å². The van der Waals surface area contributed by atoms with Crippen molar-refractivity contribution >= 4 is 17.6 Å². The molecule has 0 aromatic heterocycles. The fraction of sp³-hybridized carbons (Fsp3) is 0.364. The molecule has 0 fully saturated rings. The molecule has 4 aromatic rings. The third kappa shape index (κ3) is 6.17. The van der Waals surface area contributed by atoms with Crippen molar-refractivity contribution in [1.82, 2.24) is 0 Å². The van der Waals surface area contributed by atoms with Crippen molar-refractivity contribution < 1.29 is 25.1 Å². The Kier molecular flexibility index (Phi) is 9.16. The van der Waals surface area contributed by atoms with Gasteiger partial charge in [0.1, 0.15) is 0 Å². The first kappa shape index (κ1) is 34.1. The van der Waals surface area contributed by atoms with E-state index in [-0.39, 0.29) is 5.41 Å². The summed E-state index contributed by atoms with van der Waals surface area (Å²) >= 11 is -2.29. The Labute approximate surface area is 292 Å². The first-order valence-corrected chi connectivity index (χ1v) is 26.2. The van der Waals surface area contributed by atoms with Gasteiger partial charge in [0.2, 0.25) is 0 Å². The molecule has 3 heteroatoms. The second-order valence-electron chi connectivity index (χ2n) is 15.8. The Morgan fingerprint density at radius 1 is 0.596 bits per heavy atom. The number of aryl methyl sites for hydroxylation is 5. The molecule has 242 valence electrons. The van der Waals surface area contributed by atoms with Crippen molar-refractivity contribution in [3.8, 4) is 28.0 Å². The molecular formula is C44H52OSiZr. The first-order chi connectivity index (χ1) is 22.1. The Bertz CT molecular complexity index is 2000. The Hall–Kier alpha value is -2.74. The zero-order valence-electron chi connectivity index (χ0n) is 30.9.